The van der Waals surface area contributed by atoms with Crippen LogP contribution in [0.2, 0.25) is 0 Å². The number of carbonyl (C=O) groups excluding carboxylic acids is 2. The smallest absolute Gasteiger partial charge is 0.231 e. The van der Waals surface area contributed by atoms with E-state index in [1.54, 1.807) is 18.2 Å². The first-order valence-corrected chi connectivity index (χ1v) is 8.37. The van der Waals surface area contributed by atoms with Crippen LogP contribution in [0.25, 0.3) is 10.9 Å². The monoisotopic (exact) mass is 398 g/mol. The Morgan fingerprint density at radius 2 is 1.92 bits per heavy atom. The normalized spacial score (nSPS) is 10.5. The van der Waals surface area contributed by atoms with Crippen molar-refractivity contribution in [2.75, 3.05) is 10.6 Å². The van der Waals surface area contributed by atoms with Crippen LogP contribution in [-0.4, -0.2) is 21.7 Å². The van der Waals surface area contributed by atoms with E-state index in [1.165, 1.54) is 13.3 Å². The zero-order valence-corrected chi connectivity index (χ0v) is 15.0. The summed E-state index contributed by atoms with van der Waals surface area (Å²) in [7, 11) is 0. The third kappa shape index (κ3) is 4.39. The van der Waals surface area contributed by atoms with Gasteiger partial charge in [-0.05, 0) is 43.3 Å². The van der Waals surface area contributed by atoms with Crippen molar-refractivity contribution in [1.82, 2.24) is 9.97 Å². The molecular formula is C18H15BrN4O2. The van der Waals surface area contributed by atoms with Crippen molar-refractivity contribution < 1.29 is 9.59 Å². The topological polar surface area (TPSA) is 84.0 Å². The molecule has 126 valence electrons. The molecule has 1 amide bonds. The van der Waals surface area contributed by atoms with E-state index in [1.807, 2.05) is 24.3 Å². The lowest BCUT2D eigenvalue weighted by Gasteiger charge is -2.10. The zero-order valence-electron chi connectivity index (χ0n) is 13.4. The molecule has 1 heterocycles. The number of amides is 1. The van der Waals surface area contributed by atoms with Gasteiger partial charge in [0.25, 0.3) is 0 Å². The number of halogens is 1. The van der Waals surface area contributed by atoms with Crippen LogP contribution in [-0.2, 0) is 9.59 Å². The van der Waals surface area contributed by atoms with Crippen molar-refractivity contribution in [3.05, 3.63) is 53.3 Å². The average Bonchev–Trinajstić information content (AvgIpc) is 2.54. The van der Waals surface area contributed by atoms with E-state index in [2.05, 4.69) is 36.5 Å². The predicted octanol–water partition coefficient (Wildman–Crippen LogP) is 4.05. The summed E-state index contributed by atoms with van der Waals surface area (Å²) in [6.45, 7) is 1.38. The van der Waals surface area contributed by atoms with Gasteiger partial charge in [0, 0.05) is 21.2 Å². The van der Waals surface area contributed by atoms with Crippen LogP contribution in [0.4, 0.5) is 17.2 Å². The van der Waals surface area contributed by atoms with Crippen LogP contribution < -0.4 is 10.6 Å². The minimum absolute atomic E-state index is 0.146. The van der Waals surface area contributed by atoms with Gasteiger partial charge in [-0.25, -0.2) is 9.97 Å². The summed E-state index contributed by atoms with van der Waals surface area (Å²) >= 11 is 3.44. The number of aromatic nitrogens is 2. The third-order valence-electron chi connectivity index (χ3n) is 3.42. The van der Waals surface area contributed by atoms with Gasteiger partial charge >= 0.3 is 0 Å². The summed E-state index contributed by atoms with van der Waals surface area (Å²) in [6, 6.07) is 13.1. The Morgan fingerprint density at radius 1 is 1.08 bits per heavy atom. The highest BCUT2D eigenvalue weighted by Crippen LogP contribution is 2.26. The second-order valence-corrected chi connectivity index (χ2v) is 6.43. The largest absolute Gasteiger partial charge is 0.340 e. The highest BCUT2D eigenvalue weighted by molar-refractivity contribution is 9.10. The summed E-state index contributed by atoms with van der Waals surface area (Å²) in [5, 5.41) is 6.73. The lowest BCUT2D eigenvalue weighted by atomic mass is 10.2. The molecule has 2 aromatic carbocycles. The van der Waals surface area contributed by atoms with Gasteiger partial charge in [0.15, 0.2) is 0 Å². The Hall–Kier alpha value is -2.80. The van der Waals surface area contributed by atoms with Gasteiger partial charge in [-0.2, -0.15) is 0 Å². The molecule has 0 aliphatic carbocycles. The number of carbonyl (C=O) groups is 2. The fraction of sp³-hybridized carbons (Fsp3) is 0.111. The fourth-order valence-electron chi connectivity index (χ4n) is 2.37. The molecule has 0 aliphatic heterocycles. The molecule has 3 rings (SSSR count). The lowest BCUT2D eigenvalue weighted by Crippen LogP contribution is -2.14. The van der Waals surface area contributed by atoms with Crippen LogP contribution in [0.3, 0.4) is 0 Å². The molecule has 0 atom stereocenters. The van der Waals surface area contributed by atoms with E-state index in [9.17, 15) is 9.59 Å². The maximum atomic E-state index is 11.8. The molecule has 7 heteroatoms. The lowest BCUT2D eigenvalue weighted by molar-refractivity contribution is -0.124. The highest BCUT2D eigenvalue weighted by atomic mass is 79.9. The standard InChI is InChI=1S/C18H15BrN4O2/c1-11(24)7-17(25)22-14-5-6-16-15(9-14)18(21-10-20-16)23-13-4-2-3-12(19)8-13/h2-6,8-10H,7H2,1H3,(H,22,25)(H,20,21,23). The molecule has 2 N–H and O–H groups in total. The highest BCUT2D eigenvalue weighted by Gasteiger charge is 2.09. The summed E-state index contributed by atoms with van der Waals surface area (Å²) in [5.41, 5.74) is 2.21. The Bertz CT molecular complexity index is 959. The van der Waals surface area contributed by atoms with Crippen molar-refractivity contribution in [3.8, 4) is 0 Å². The second-order valence-electron chi connectivity index (χ2n) is 5.52. The van der Waals surface area contributed by atoms with Crippen LogP contribution in [0, 0.1) is 0 Å². The van der Waals surface area contributed by atoms with Crippen LogP contribution >= 0.6 is 15.9 Å². The Morgan fingerprint density at radius 3 is 2.68 bits per heavy atom. The number of anilines is 3. The van der Waals surface area contributed by atoms with Gasteiger partial charge in [0.2, 0.25) is 5.91 Å². The van der Waals surface area contributed by atoms with E-state index < -0.39 is 0 Å². The van der Waals surface area contributed by atoms with Crippen molar-refractivity contribution in [2.24, 2.45) is 0 Å². The van der Waals surface area contributed by atoms with Gasteiger partial charge in [0.05, 0.1) is 11.9 Å². The Kier molecular flexibility index (Phi) is 5.04. The van der Waals surface area contributed by atoms with E-state index >= 15 is 0 Å². The molecule has 0 radical (unpaired) electrons. The number of rotatable bonds is 5. The number of Topliss-reactive ketones (excluding diaryl/α,β-unsaturated/α-hetero) is 1. The fourth-order valence-corrected chi connectivity index (χ4v) is 2.77. The molecule has 0 saturated carbocycles. The number of fused-ring (bicyclic) bond motifs is 1. The zero-order chi connectivity index (χ0) is 17.8. The number of benzene rings is 2. The maximum absolute atomic E-state index is 11.8. The first kappa shape index (κ1) is 17.0. The second kappa shape index (κ2) is 7.40. The molecule has 25 heavy (non-hydrogen) atoms. The van der Waals surface area contributed by atoms with E-state index in [-0.39, 0.29) is 18.1 Å². The maximum Gasteiger partial charge on any atom is 0.231 e. The van der Waals surface area contributed by atoms with Crippen molar-refractivity contribution in [3.63, 3.8) is 0 Å². The van der Waals surface area contributed by atoms with Gasteiger partial charge in [-0.1, -0.05) is 22.0 Å². The number of ketones is 1. The Labute approximate surface area is 152 Å². The van der Waals surface area contributed by atoms with Gasteiger partial charge in [-0.3, -0.25) is 9.59 Å². The van der Waals surface area contributed by atoms with Gasteiger partial charge < -0.3 is 10.6 Å². The SMILES string of the molecule is CC(=O)CC(=O)Nc1ccc2ncnc(Nc3cccc(Br)c3)c2c1. The molecule has 1 aromatic heterocycles. The van der Waals surface area contributed by atoms with Crippen LogP contribution in [0.5, 0.6) is 0 Å². The number of nitrogens with zero attached hydrogens (tertiary/aromatic N) is 2. The van der Waals surface area contributed by atoms with E-state index in [0.29, 0.717) is 11.5 Å². The number of hydrogen-bond acceptors (Lipinski definition) is 5. The third-order valence-corrected chi connectivity index (χ3v) is 3.91. The quantitative estimate of drug-likeness (QED) is 0.633. The minimum atomic E-state index is -0.342. The van der Waals surface area contributed by atoms with Crippen molar-refractivity contribution in [1.29, 1.82) is 0 Å². The number of nitrogens with one attached hydrogen (secondary N) is 2. The molecule has 0 aliphatic rings. The Balaban J connectivity index is 1.92. The predicted molar refractivity (Wildman–Crippen MR) is 101 cm³/mol. The van der Waals surface area contributed by atoms with E-state index in [0.717, 1.165) is 21.1 Å². The molecule has 6 nitrogen and oxygen atoms in total. The average molecular weight is 399 g/mol. The molecule has 0 fully saturated rings. The molecular weight excluding hydrogens is 384 g/mol. The summed E-state index contributed by atoms with van der Waals surface area (Å²) in [4.78, 5) is 31.4. The van der Waals surface area contributed by atoms with Gasteiger partial charge in [0.1, 0.15) is 17.9 Å². The minimum Gasteiger partial charge on any atom is -0.340 e. The summed E-state index contributed by atoms with van der Waals surface area (Å²) < 4.78 is 0.952. The van der Waals surface area contributed by atoms with Crippen LogP contribution in [0.15, 0.2) is 53.3 Å². The summed E-state index contributed by atoms with van der Waals surface area (Å²) in [5.74, 6) is 0.106. The van der Waals surface area contributed by atoms with Crippen LogP contribution in [0.1, 0.15) is 13.3 Å². The molecule has 0 bridgehead atoms. The summed E-state index contributed by atoms with van der Waals surface area (Å²) in [6.07, 6.45) is 1.34. The molecule has 3 aromatic rings. The van der Waals surface area contributed by atoms with Crippen molar-refractivity contribution in [2.45, 2.75) is 13.3 Å². The molecule has 0 saturated heterocycles. The van der Waals surface area contributed by atoms with E-state index in [4.69, 9.17) is 0 Å². The van der Waals surface area contributed by atoms with Crippen molar-refractivity contribution >= 4 is 55.7 Å². The molecule has 0 unspecified atom stereocenters. The molecule has 0 spiro atoms. The number of hydrogen-bond donors (Lipinski definition) is 2. The van der Waals surface area contributed by atoms with Gasteiger partial charge in [-0.15, -0.1) is 0 Å². The first-order chi connectivity index (χ1) is 12.0. The first-order valence-electron chi connectivity index (χ1n) is 7.58.